The highest BCUT2D eigenvalue weighted by Gasteiger charge is 2.24. The maximum atomic E-state index is 12.6. The van der Waals surface area contributed by atoms with Crippen LogP contribution in [0.5, 0.6) is 0 Å². The van der Waals surface area contributed by atoms with E-state index < -0.39 is 0 Å². The average Bonchev–Trinajstić information content (AvgIpc) is 2.62. The van der Waals surface area contributed by atoms with Crippen molar-refractivity contribution in [2.45, 2.75) is 47.5 Å². The lowest BCUT2D eigenvalue weighted by molar-refractivity contribution is -0.140. The van der Waals surface area contributed by atoms with E-state index in [1.807, 2.05) is 58.9 Å². The van der Waals surface area contributed by atoms with E-state index in [-0.39, 0.29) is 42.6 Å². The minimum absolute atomic E-state index is 0.00737. The zero-order chi connectivity index (χ0) is 20.4. The fourth-order valence-corrected chi connectivity index (χ4v) is 2.82. The number of anilines is 1. The van der Waals surface area contributed by atoms with Crippen LogP contribution in [0.2, 0.25) is 0 Å². The van der Waals surface area contributed by atoms with Crippen molar-refractivity contribution in [2.24, 2.45) is 11.8 Å². The molecule has 0 atom stereocenters. The molecule has 0 fully saturated rings. The third kappa shape index (κ3) is 8.24. The summed E-state index contributed by atoms with van der Waals surface area (Å²) in [5.41, 5.74) is 1.79. The quantitative estimate of drug-likeness (QED) is 0.660. The Labute approximate surface area is 162 Å². The van der Waals surface area contributed by atoms with E-state index in [4.69, 9.17) is 0 Å². The Morgan fingerprint density at radius 1 is 1.00 bits per heavy atom. The molecule has 0 bridgehead atoms. The second-order valence-electron chi connectivity index (χ2n) is 7.32. The molecule has 0 aliphatic heterocycles. The van der Waals surface area contributed by atoms with Crippen LogP contribution in [0.3, 0.4) is 0 Å². The molecule has 0 radical (unpaired) electrons. The molecule has 0 saturated heterocycles. The Kier molecular flexibility index (Phi) is 9.54. The molecule has 6 nitrogen and oxygen atoms in total. The summed E-state index contributed by atoms with van der Waals surface area (Å²) in [4.78, 5) is 38.5. The largest absolute Gasteiger partial charge is 0.345 e. The van der Waals surface area contributed by atoms with Crippen LogP contribution < -0.4 is 10.6 Å². The van der Waals surface area contributed by atoms with E-state index in [0.717, 1.165) is 18.4 Å². The molecular formula is C21H33N3O3. The molecule has 27 heavy (non-hydrogen) atoms. The van der Waals surface area contributed by atoms with Crippen molar-refractivity contribution in [3.05, 3.63) is 29.8 Å². The minimum Gasteiger partial charge on any atom is -0.345 e. The molecule has 1 aromatic rings. The standard InChI is InChI=1S/C21H33N3O3/c1-6-17(7-2)21(27)24(13-15(3)4)14-20(26)22-12-19(25)23-18-10-8-16(5)9-11-18/h8-11,15,17H,6-7,12-14H2,1-5H3,(H,22,26)(H,23,25). The molecule has 0 aliphatic carbocycles. The van der Waals surface area contributed by atoms with Crippen molar-refractivity contribution in [1.29, 1.82) is 0 Å². The molecule has 0 unspecified atom stereocenters. The van der Waals surface area contributed by atoms with Crippen molar-refractivity contribution < 1.29 is 14.4 Å². The van der Waals surface area contributed by atoms with Gasteiger partial charge < -0.3 is 15.5 Å². The van der Waals surface area contributed by atoms with Gasteiger partial charge in [-0.05, 0) is 37.8 Å². The smallest absolute Gasteiger partial charge is 0.243 e. The topological polar surface area (TPSA) is 78.5 Å². The Balaban J connectivity index is 2.56. The summed E-state index contributed by atoms with van der Waals surface area (Å²) in [5.74, 6) is -0.418. The number of benzene rings is 1. The zero-order valence-corrected chi connectivity index (χ0v) is 17.2. The zero-order valence-electron chi connectivity index (χ0n) is 17.2. The summed E-state index contributed by atoms with van der Waals surface area (Å²) < 4.78 is 0. The van der Waals surface area contributed by atoms with Crippen LogP contribution in [0.25, 0.3) is 0 Å². The summed E-state index contributed by atoms with van der Waals surface area (Å²) in [6, 6.07) is 7.43. The first kappa shape index (κ1) is 22.7. The number of hydrogen-bond acceptors (Lipinski definition) is 3. The number of nitrogens with zero attached hydrogens (tertiary/aromatic N) is 1. The molecule has 150 valence electrons. The van der Waals surface area contributed by atoms with E-state index in [2.05, 4.69) is 10.6 Å². The van der Waals surface area contributed by atoms with Crippen LogP contribution in [0, 0.1) is 18.8 Å². The number of carbonyl (C=O) groups is 3. The maximum Gasteiger partial charge on any atom is 0.243 e. The third-order valence-electron chi connectivity index (χ3n) is 4.35. The van der Waals surface area contributed by atoms with Crippen LogP contribution in [-0.4, -0.2) is 42.3 Å². The number of amides is 3. The number of aryl methyl sites for hydroxylation is 1. The van der Waals surface area contributed by atoms with Gasteiger partial charge in [0.25, 0.3) is 0 Å². The summed E-state index contributed by atoms with van der Waals surface area (Å²) in [6.07, 6.45) is 1.51. The first-order valence-electron chi connectivity index (χ1n) is 9.68. The highest BCUT2D eigenvalue weighted by atomic mass is 16.2. The maximum absolute atomic E-state index is 12.6. The van der Waals surface area contributed by atoms with E-state index in [1.165, 1.54) is 0 Å². The molecule has 2 N–H and O–H groups in total. The van der Waals surface area contributed by atoms with Crippen LogP contribution in [-0.2, 0) is 14.4 Å². The van der Waals surface area contributed by atoms with Crippen LogP contribution >= 0.6 is 0 Å². The Hall–Kier alpha value is -2.37. The number of rotatable bonds is 10. The van der Waals surface area contributed by atoms with Crippen molar-refractivity contribution in [3.63, 3.8) is 0 Å². The molecular weight excluding hydrogens is 342 g/mol. The first-order valence-corrected chi connectivity index (χ1v) is 9.68. The Morgan fingerprint density at radius 2 is 1.59 bits per heavy atom. The number of hydrogen-bond donors (Lipinski definition) is 2. The molecule has 3 amide bonds. The van der Waals surface area contributed by atoms with Crippen molar-refractivity contribution in [3.8, 4) is 0 Å². The molecule has 0 spiro atoms. The highest BCUT2D eigenvalue weighted by Crippen LogP contribution is 2.13. The SMILES string of the molecule is CCC(CC)C(=O)N(CC(=O)NCC(=O)Nc1ccc(C)cc1)CC(C)C. The third-order valence-corrected chi connectivity index (χ3v) is 4.35. The van der Waals surface area contributed by atoms with Gasteiger partial charge in [-0.25, -0.2) is 0 Å². The molecule has 6 heteroatoms. The normalized spacial score (nSPS) is 10.8. The van der Waals surface area contributed by atoms with Crippen molar-refractivity contribution in [2.75, 3.05) is 25.0 Å². The summed E-state index contributed by atoms with van der Waals surface area (Å²) in [6.45, 7) is 10.3. The number of nitrogens with one attached hydrogen (secondary N) is 2. The van der Waals surface area contributed by atoms with Crippen molar-refractivity contribution in [1.82, 2.24) is 10.2 Å². The monoisotopic (exact) mass is 375 g/mol. The molecule has 0 heterocycles. The van der Waals surface area contributed by atoms with Gasteiger partial charge in [0.2, 0.25) is 17.7 Å². The minimum atomic E-state index is -0.325. The van der Waals surface area contributed by atoms with E-state index in [9.17, 15) is 14.4 Å². The van der Waals surface area contributed by atoms with Gasteiger partial charge in [0.1, 0.15) is 0 Å². The van der Waals surface area contributed by atoms with Gasteiger partial charge in [-0.1, -0.05) is 45.4 Å². The molecule has 0 saturated carbocycles. The Morgan fingerprint density at radius 3 is 2.11 bits per heavy atom. The summed E-state index contributed by atoms with van der Waals surface area (Å²) >= 11 is 0. The van der Waals surface area contributed by atoms with E-state index >= 15 is 0 Å². The number of carbonyl (C=O) groups excluding carboxylic acids is 3. The fourth-order valence-electron chi connectivity index (χ4n) is 2.82. The second kappa shape index (κ2) is 11.4. The predicted molar refractivity (Wildman–Crippen MR) is 108 cm³/mol. The fraction of sp³-hybridized carbons (Fsp3) is 0.571. The lowest BCUT2D eigenvalue weighted by Crippen LogP contribution is -2.46. The van der Waals surface area contributed by atoms with Gasteiger partial charge in [0.05, 0.1) is 13.1 Å². The predicted octanol–water partition coefficient (Wildman–Crippen LogP) is 2.97. The van der Waals surface area contributed by atoms with E-state index in [0.29, 0.717) is 12.2 Å². The lowest BCUT2D eigenvalue weighted by atomic mass is 10.0. The lowest BCUT2D eigenvalue weighted by Gasteiger charge is -2.27. The second-order valence-corrected chi connectivity index (χ2v) is 7.32. The molecule has 1 aromatic carbocycles. The van der Waals surface area contributed by atoms with Crippen molar-refractivity contribution >= 4 is 23.4 Å². The van der Waals surface area contributed by atoms with E-state index in [1.54, 1.807) is 4.90 Å². The van der Waals surface area contributed by atoms with Gasteiger partial charge in [-0.15, -0.1) is 0 Å². The summed E-state index contributed by atoms with van der Waals surface area (Å²) in [5, 5.41) is 5.34. The van der Waals surface area contributed by atoms with Crippen LogP contribution in [0.15, 0.2) is 24.3 Å². The average molecular weight is 376 g/mol. The van der Waals surface area contributed by atoms with Gasteiger partial charge in [0.15, 0.2) is 0 Å². The molecule has 1 rings (SSSR count). The Bertz CT molecular complexity index is 622. The summed E-state index contributed by atoms with van der Waals surface area (Å²) in [7, 11) is 0. The van der Waals surface area contributed by atoms with Gasteiger partial charge >= 0.3 is 0 Å². The first-order chi connectivity index (χ1) is 12.8. The van der Waals surface area contributed by atoms with Gasteiger partial charge in [-0.2, -0.15) is 0 Å². The van der Waals surface area contributed by atoms with Crippen LogP contribution in [0.1, 0.15) is 46.1 Å². The van der Waals surface area contributed by atoms with Crippen LogP contribution in [0.4, 0.5) is 5.69 Å². The molecule has 0 aromatic heterocycles. The molecule has 0 aliphatic rings. The van der Waals surface area contributed by atoms with Gasteiger partial charge in [0, 0.05) is 18.2 Å². The van der Waals surface area contributed by atoms with Gasteiger partial charge in [-0.3, -0.25) is 14.4 Å². The highest BCUT2D eigenvalue weighted by molar-refractivity contribution is 5.95.